The summed E-state index contributed by atoms with van der Waals surface area (Å²) >= 11 is 0. The average Bonchev–Trinajstić information content (AvgIpc) is 3.40. The van der Waals surface area contributed by atoms with Crippen LogP contribution in [0.1, 0.15) is 46.3 Å². The van der Waals surface area contributed by atoms with Gasteiger partial charge in [0.1, 0.15) is 17.7 Å². The van der Waals surface area contributed by atoms with Crippen molar-refractivity contribution in [3.8, 4) is 11.4 Å². The molecule has 1 aromatic heterocycles. The molecule has 1 amide bonds. The quantitative estimate of drug-likeness (QED) is 0.261. The van der Waals surface area contributed by atoms with Gasteiger partial charge >= 0.3 is 6.18 Å². The number of nitrogens with one attached hydrogen (secondary N) is 1. The summed E-state index contributed by atoms with van der Waals surface area (Å²) in [4.78, 5) is 19.1. The van der Waals surface area contributed by atoms with Gasteiger partial charge in [0, 0.05) is 43.1 Å². The average molecular weight is 571 g/mol. The Balaban J connectivity index is 1.33. The van der Waals surface area contributed by atoms with Crippen LogP contribution in [0.25, 0.3) is 11.4 Å². The standard InChI is InChI=1S/C30H27F5N4O2/c1-19-37-27(38-41-19)21-2-4-22(5-3-21)28(40)39-16-14-29(15-17-39,23-8-12-25(32)13-9-23)18-36-26(30(33,34)35)20-6-10-24(31)11-7-20/h2-13,26,36H,14-18H2,1H3. The van der Waals surface area contributed by atoms with E-state index in [9.17, 15) is 26.7 Å². The van der Waals surface area contributed by atoms with Crippen molar-refractivity contribution in [3.05, 3.63) is 107 Å². The van der Waals surface area contributed by atoms with Gasteiger partial charge in [0.2, 0.25) is 11.7 Å². The highest BCUT2D eigenvalue weighted by Crippen LogP contribution is 2.39. The van der Waals surface area contributed by atoms with Gasteiger partial charge in [0.25, 0.3) is 5.91 Å². The number of carbonyl (C=O) groups is 1. The molecule has 214 valence electrons. The van der Waals surface area contributed by atoms with E-state index in [1.54, 1.807) is 48.2 Å². The predicted octanol–water partition coefficient (Wildman–Crippen LogP) is 6.39. The third-order valence-corrected chi connectivity index (χ3v) is 7.56. The molecule has 0 saturated carbocycles. The van der Waals surface area contributed by atoms with Crippen LogP contribution in [0.2, 0.25) is 0 Å². The van der Waals surface area contributed by atoms with Gasteiger partial charge in [-0.3, -0.25) is 4.79 Å². The first-order valence-electron chi connectivity index (χ1n) is 13.1. The smallest absolute Gasteiger partial charge is 0.339 e. The number of rotatable bonds is 7. The lowest BCUT2D eigenvalue weighted by Gasteiger charge is -2.43. The van der Waals surface area contributed by atoms with Gasteiger partial charge in [-0.2, -0.15) is 18.2 Å². The van der Waals surface area contributed by atoms with Gasteiger partial charge < -0.3 is 14.7 Å². The third-order valence-electron chi connectivity index (χ3n) is 7.56. The van der Waals surface area contributed by atoms with Gasteiger partial charge in [0.05, 0.1) is 0 Å². The highest BCUT2D eigenvalue weighted by Gasteiger charge is 2.44. The molecule has 6 nitrogen and oxygen atoms in total. The number of alkyl halides is 3. The molecule has 1 aliphatic heterocycles. The van der Waals surface area contributed by atoms with Crippen molar-refractivity contribution >= 4 is 5.91 Å². The molecule has 0 spiro atoms. The minimum atomic E-state index is -4.63. The Labute approximate surface area is 233 Å². The summed E-state index contributed by atoms with van der Waals surface area (Å²) in [5.41, 5.74) is 0.918. The van der Waals surface area contributed by atoms with Crippen molar-refractivity contribution in [2.75, 3.05) is 19.6 Å². The summed E-state index contributed by atoms with van der Waals surface area (Å²) in [6, 6.07) is 14.7. The Morgan fingerprint density at radius 2 is 1.54 bits per heavy atom. The number of benzene rings is 3. The van der Waals surface area contributed by atoms with Crippen LogP contribution in [0.3, 0.4) is 0 Å². The number of aromatic nitrogens is 2. The molecular weight excluding hydrogens is 543 g/mol. The fraction of sp³-hybridized carbons (Fsp3) is 0.300. The lowest BCUT2D eigenvalue weighted by Crippen LogP contribution is -2.51. The maximum absolute atomic E-state index is 14.1. The zero-order valence-corrected chi connectivity index (χ0v) is 22.1. The number of aryl methyl sites for hydroxylation is 1. The largest absolute Gasteiger partial charge is 0.407 e. The van der Waals surface area contributed by atoms with Crippen molar-refractivity contribution < 1.29 is 31.3 Å². The van der Waals surface area contributed by atoms with Crippen molar-refractivity contribution in [2.24, 2.45) is 0 Å². The number of amides is 1. The zero-order valence-electron chi connectivity index (χ0n) is 22.1. The molecule has 4 aromatic rings. The molecule has 0 bridgehead atoms. The molecule has 1 N–H and O–H groups in total. The van der Waals surface area contributed by atoms with Crippen molar-refractivity contribution in [1.82, 2.24) is 20.4 Å². The molecule has 1 unspecified atom stereocenters. The van der Waals surface area contributed by atoms with Crippen LogP contribution in [-0.2, 0) is 5.41 Å². The van der Waals surface area contributed by atoms with E-state index in [2.05, 4.69) is 15.5 Å². The summed E-state index contributed by atoms with van der Waals surface area (Å²) < 4.78 is 74.3. The predicted molar refractivity (Wildman–Crippen MR) is 141 cm³/mol. The van der Waals surface area contributed by atoms with Gasteiger partial charge in [-0.25, -0.2) is 8.78 Å². The maximum atomic E-state index is 14.1. The Morgan fingerprint density at radius 3 is 2.07 bits per heavy atom. The van der Waals surface area contributed by atoms with E-state index in [4.69, 9.17) is 4.52 Å². The van der Waals surface area contributed by atoms with Crippen LogP contribution in [0, 0.1) is 18.6 Å². The van der Waals surface area contributed by atoms with Crippen LogP contribution < -0.4 is 5.32 Å². The summed E-state index contributed by atoms with van der Waals surface area (Å²) in [6.07, 6.45) is -3.93. The number of piperidine rings is 1. The molecule has 1 saturated heterocycles. The van der Waals surface area contributed by atoms with E-state index in [0.717, 1.165) is 24.3 Å². The number of halogens is 5. The van der Waals surface area contributed by atoms with Crippen molar-refractivity contribution in [3.63, 3.8) is 0 Å². The first-order chi connectivity index (χ1) is 19.5. The van der Waals surface area contributed by atoms with Crippen LogP contribution in [0.15, 0.2) is 77.3 Å². The lowest BCUT2D eigenvalue weighted by molar-refractivity contribution is -0.158. The first kappa shape index (κ1) is 28.4. The molecule has 5 rings (SSSR count). The van der Waals surface area contributed by atoms with Crippen LogP contribution >= 0.6 is 0 Å². The summed E-state index contributed by atoms with van der Waals surface area (Å²) in [7, 11) is 0. The SMILES string of the molecule is Cc1nc(-c2ccc(C(=O)N3CCC(CNC(c4ccc(F)cc4)C(F)(F)F)(c4ccc(F)cc4)CC3)cc2)no1. The maximum Gasteiger partial charge on any atom is 0.407 e. The molecule has 1 aliphatic rings. The number of hydrogen-bond donors (Lipinski definition) is 1. The summed E-state index contributed by atoms with van der Waals surface area (Å²) in [6.45, 7) is 2.17. The minimum absolute atomic E-state index is 0.0823. The Morgan fingerprint density at radius 1 is 0.951 bits per heavy atom. The van der Waals surface area contributed by atoms with E-state index in [0.29, 0.717) is 41.2 Å². The van der Waals surface area contributed by atoms with Crippen LogP contribution in [0.4, 0.5) is 22.0 Å². The molecule has 11 heteroatoms. The molecule has 2 heterocycles. The second-order valence-electron chi connectivity index (χ2n) is 10.2. The molecular formula is C30H27F5N4O2. The second-order valence-corrected chi connectivity index (χ2v) is 10.2. The van der Waals surface area contributed by atoms with E-state index < -0.39 is 29.3 Å². The zero-order chi connectivity index (χ0) is 29.2. The molecule has 0 aliphatic carbocycles. The van der Waals surface area contributed by atoms with E-state index in [1.165, 1.54) is 12.1 Å². The molecule has 1 fully saturated rings. The number of nitrogens with zero attached hydrogens (tertiary/aromatic N) is 3. The van der Waals surface area contributed by atoms with E-state index in [-0.39, 0.29) is 31.1 Å². The number of hydrogen-bond acceptors (Lipinski definition) is 5. The second kappa shape index (κ2) is 11.4. The Hall–Kier alpha value is -4.12. The Bertz CT molecular complexity index is 1480. The molecule has 1 atom stereocenters. The van der Waals surface area contributed by atoms with Crippen LogP contribution in [0.5, 0.6) is 0 Å². The van der Waals surface area contributed by atoms with Gasteiger partial charge in [-0.1, -0.05) is 41.6 Å². The normalized spacial score (nSPS) is 16.0. The first-order valence-corrected chi connectivity index (χ1v) is 13.1. The topological polar surface area (TPSA) is 71.3 Å². The monoisotopic (exact) mass is 570 g/mol. The fourth-order valence-corrected chi connectivity index (χ4v) is 5.24. The van der Waals surface area contributed by atoms with Crippen LogP contribution in [-0.4, -0.2) is 46.8 Å². The number of likely N-dealkylation sites (tertiary alicyclic amines) is 1. The lowest BCUT2D eigenvalue weighted by atomic mass is 9.72. The molecule has 0 radical (unpaired) electrons. The van der Waals surface area contributed by atoms with Gasteiger partial charge in [-0.05, 0) is 60.4 Å². The van der Waals surface area contributed by atoms with E-state index >= 15 is 0 Å². The van der Waals surface area contributed by atoms with Crippen molar-refractivity contribution in [2.45, 2.75) is 37.4 Å². The van der Waals surface area contributed by atoms with Gasteiger partial charge in [-0.15, -0.1) is 0 Å². The minimum Gasteiger partial charge on any atom is -0.339 e. The van der Waals surface area contributed by atoms with Gasteiger partial charge in [0.15, 0.2) is 0 Å². The molecule has 41 heavy (non-hydrogen) atoms. The Kier molecular flexibility index (Phi) is 7.90. The molecule has 3 aromatic carbocycles. The summed E-state index contributed by atoms with van der Waals surface area (Å²) in [5.74, 6) is -0.459. The van der Waals surface area contributed by atoms with E-state index in [1.807, 2.05) is 0 Å². The third kappa shape index (κ3) is 6.30. The van der Waals surface area contributed by atoms with Crippen molar-refractivity contribution in [1.29, 1.82) is 0 Å². The number of carbonyl (C=O) groups excluding carboxylic acids is 1. The highest BCUT2D eigenvalue weighted by atomic mass is 19.4. The summed E-state index contributed by atoms with van der Waals surface area (Å²) in [5, 5.41) is 6.52. The highest BCUT2D eigenvalue weighted by molar-refractivity contribution is 5.94. The fourth-order valence-electron chi connectivity index (χ4n) is 5.24.